The maximum absolute atomic E-state index is 13.6. The number of hydrogen-bond donors (Lipinski definition) is 2. The molecule has 9 nitrogen and oxygen atoms in total. The van der Waals surface area contributed by atoms with Gasteiger partial charge in [-0.1, -0.05) is 23.5 Å². The monoisotopic (exact) mass is 584 g/mol. The SMILES string of the molecule is CC(=O)Nc1nc2c(Oc3cc(-c4ccc(C(F)(F)F)cc4NC(=O)[C@@H]4CCCN4C(C)C)ncn3)cccc2s1. The summed E-state index contributed by atoms with van der Waals surface area (Å²) in [5, 5.41) is 5.80. The normalized spacial score (nSPS) is 15.8. The number of aromatic nitrogens is 3. The maximum Gasteiger partial charge on any atom is 0.416 e. The van der Waals surface area contributed by atoms with E-state index in [1.807, 2.05) is 24.8 Å². The summed E-state index contributed by atoms with van der Waals surface area (Å²) in [5.41, 5.74) is 0.157. The Labute approximate surface area is 237 Å². The van der Waals surface area contributed by atoms with Gasteiger partial charge in [0.1, 0.15) is 11.8 Å². The number of benzene rings is 2. The molecular weight excluding hydrogens is 557 g/mol. The van der Waals surface area contributed by atoms with Crippen molar-refractivity contribution >= 4 is 44.2 Å². The molecule has 41 heavy (non-hydrogen) atoms. The van der Waals surface area contributed by atoms with Crippen molar-refractivity contribution in [2.45, 2.75) is 51.9 Å². The van der Waals surface area contributed by atoms with Crippen LogP contribution in [-0.2, 0) is 15.8 Å². The first-order valence-electron chi connectivity index (χ1n) is 12.9. The molecule has 2 amide bonds. The lowest BCUT2D eigenvalue weighted by Crippen LogP contribution is -2.43. The quantitative estimate of drug-likeness (QED) is 0.261. The van der Waals surface area contributed by atoms with Crippen molar-refractivity contribution in [1.29, 1.82) is 0 Å². The van der Waals surface area contributed by atoms with Crippen LogP contribution >= 0.6 is 11.3 Å². The Bertz CT molecular complexity index is 1610. The molecule has 1 fully saturated rings. The zero-order valence-corrected chi connectivity index (χ0v) is 23.3. The summed E-state index contributed by atoms with van der Waals surface area (Å²) in [5.74, 6) is -0.129. The molecule has 1 atom stereocenters. The zero-order chi connectivity index (χ0) is 29.3. The molecule has 13 heteroatoms. The molecule has 0 saturated carbocycles. The number of rotatable bonds is 7. The Morgan fingerprint density at radius 3 is 2.66 bits per heavy atom. The fraction of sp³-hybridized carbons (Fsp3) is 0.321. The Kier molecular flexibility index (Phi) is 7.91. The highest BCUT2D eigenvalue weighted by molar-refractivity contribution is 7.22. The molecule has 0 spiro atoms. The molecule has 2 N–H and O–H groups in total. The molecule has 1 saturated heterocycles. The number of anilines is 2. The first kappa shape index (κ1) is 28.4. The van der Waals surface area contributed by atoms with Crippen LogP contribution in [-0.4, -0.2) is 50.3 Å². The minimum absolute atomic E-state index is 0.00775. The van der Waals surface area contributed by atoms with Crippen molar-refractivity contribution in [3.05, 3.63) is 54.4 Å². The highest BCUT2D eigenvalue weighted by Crippen LogP contribution is 2.38. The zero-order valence-electron chi connectivity index (χ0n) is 22.5. The van der Waals surface area contributed by atoms with Gasteiger partial charge in [-0.05, 0) is 57.5 Å². The summed E-state index contributed by atoms with van der Waals surface area (Å²) >= 11 is 1.28. The van der Waals surface area contributed by atoms with Gasteiger partial charge in [-0.25, -0.2) is 15.0 Å². The second-order valence-corrected chi connectivity index (χ2v) is 10.9. The fourth-order valence-corrected chi connectivity index (χ4v) is 5.75. The van der Waals surface area contributed by atoms with E-state index in [4.69, 9.17) is 4.74 Å². The fourth-order valence-electron chi connectivity index (χ4n) is 4.82. The number of likely N-dealkylation sites (tertiary alicyclic amines) is 1. The molecule has 5 rings (SSSR count). The number of hydrogen-bond acceptors (Lipinski definition) is 8. The molecule has 0 radical (unpaired) electrons. The topological polar surface area (TPSA) is 109 Å². The molecule has 2 aromatic heterocycles. The van der Waals surface area contributed by atoms with Crippen LogP contribution in [0.5, 0.6) is 11.6 Å². The molecule has 0 bridgehead atoms. The maximum atomic E-state index is 13.6. The van der Waals surface area contributed by atoms with E-state index in [9.17, 15) is 22.8 Å². The number of amides is 2. The van der Waals surface area contributed by atoms with Crippen molar-refractivity contribution in [2.24, 2.45) is 0 Å². The predicted octanol–water partition coefficient (Wildman–Crippen LogP) is 6.33. The molecule has 2 aromatic carbocycles. The second-order valence-electron chi connectivity index (χ2n) is 9.88. The standard InChI is InChI=1S/C28H27F3N6O3S/c1-15(2)37-11-5-6-21(37)26(39)35-20-12-17(28(29,30)31)9-10-18(20)19-13-24(33-14-32-19)40-22-7-4-8-23-25(22)36-27(41-23)34-16(3)38/h4,7-10,12-15,21H,5-6,11H2,1-3H3,(H,35,39)(H,34,36,38)/t21-/m0/s1. The van der Waals surface area contributed by atoms with E-state index < -0.39 is 17.8 Å². The molecule has 0 unspecified atom stereocenters. The highest BCUT2D eigenvalue weighted by Gasteiger charge is 2.34. The molecule has 0 aliphatic carbocycles. The Balaban J connectivity index is 1.47. The number of ether oxygens (including phenoxy) is 1. The number of thiazole rings is 1. The minimum atomic E-state index is -4.60. The number of alkyl halides is 3. The van der Waals surface area contributed by atoms with Gasteiger partial charge in [0.2, 0.25) is 17.7 Å². The van der Waals surface area contributed by atoms with Gasteiger partial charge in [0.05, 0.1) is 27.7 Å². The number of nitrogens with one attached hydrogen (secondary N) is 2. The van der Waals surface area contributed by atoms with Crippen LogP contribution in [0.1, 0.15) is 39.2 Å². The lowest BCUT2D eigenvalue weighted by atomic mass is 10.0. The lowest BCUT2D eigenvalue weighted by molar-refractivity contribution is -0.137. The number of nitrogens with zero attached hydrogens (tertiary/aromatic N) is 4. The number of para-hydroxylation sites is 1. The molecule has 4 aromatic rings. The van der Waals surface area contributed by atoms with E-state index >= 15 is 0 Å². The van der Waals surface area contributed by atoms with Crippen LogP contribution in [0.25, 0.3) is 21.5 Å². The average molecular weight is 585 g/mol. The smallest absolute Gasteiger partial charge is 0.416 e. The minimum Gasteiger partial charge on any atom is -0.437 e. The van der Waals surface area contributed by atoms with Gasteiger partial charge >= 0.3 is 6.18 Å². The van der Waals surface area contributed by atoms with E-state index in [1.54, 1.807) is 12.1 Å². The van der Waals surface area contributed by atoms with Crippen LogP contribution in [0.15, 0.2) is 48.8 Å². The summed E-state index contributed by atoms with van der Waals surface area (Å²) in [6, 6.07) is 9.59. The first-order chi connectivity index (χ1) is 19.5. The third kappa shape index (κ3) is 6.30. The third-order valence-electron chi connectivity index (χ3n) is 6.66. The summed E-state index contributed by atoms with van der Waals surface area (Å²) in [7, 11) is 0. The van der Waals surface area contributed by atoms with Gasteiger partial charge in [-0.2, -0.15) is 13.2 Å². The van der Waals surface area contributed by atoms with Crippen molar-refractivity contribution in [3.63, 3.8) is 0 Å². The van der Waals surface area contributed by atoms with Crippen molar-refractivity contribution in [2.75, 3.05) is 17.2 Å². The van der Waals surface area contributed by atoms with Gasteiger partial charge < -0.3 is 15.4 Å². The van der Waals surface area contributed by atoms with Crippen LogP contribution in [0, 0.1) is 0 Å². The van der Waals surface area contributed by atoms with Gasteiger partial charge in [0.15, 0.2) is 10.9 Å². The van der Waals surface area contributed by atoms with E-state index in [2.05, 4.69) is 25.6 Å². The Morgan fingerprint density at radius 1 is 1.12 bits per heavy atom. The summed E-state index contributed by atoms with van der Waals surface area (Å²) in [4.78, 5) is 39.6. The molecule has 1 aliphatic rings. The Hall–Kier alpha value is -4.10. The predicted molar refractivity (Wildman–Crippen MR) is 150 cm³/mol. The van der Waals surface area contributed by atoms with Crippen LogP contribution in [0.2, 0.25) is 0 Å². The van der Waals surface area contributed by atoms with Crippen molar-refractivity contribution < 1.29 is 27.5 Å². The highest BCUT2D eigenvalue weighted by atomic mass is 32.1. The number of halogens is 3. The largest absolute Gasteiger partial charge is 0.437 e. The van der Waals surface area contributed by atoms with Crippen molar-refractivity contribution in [1.82, 2.24) is 19.9 Å². The van der Waals surface area contributed by atoms with Crippen LogP contribution in [0.4, 0.5) is 24.0 Å². The van der Waals surface area contributed by atoms with Crippen molar-refractivity contribution in [3.8, 4) is 22.9 Å². The van der Waals surface area contributed by atoms with Crippen LogP contribution < -0.4 is 15.4 Å². The molecule has 214 valence electrons. The van der Waals surface area contributed by atoms with E-state index in [0.29, 0.717) is 22.8 Å². The van der Waals surface area contributed by atoms with Gasteiger partial charge in [-0.3, -0.25) is 14.5 Å². The number of carbonyl (C=O) groups excluding carboxylic acids is 2. The molecule has 3 heterocycles. The first-order valence-corrected chi connectivity index (χ1v) is 13.8. The average Bonchev–Trinajstić information content (AvgIpc) is 3.56. The molecular formula is C28H27F3N6O3S. The van der Waals surface area contributed by atoms with Gasteiger partial charge in [0, 0.05) is 24.6 Å². The van der Waals surface area contributed by atoms with E-state index in [1.165, 1.54) is 36.7 Å². The van der Waals surface area contributed by atoms with Crippen LogP contribution in [0.3, 0.4) is 0 Å². The Morgan fingerprint density at radius 2 is 1.93 bits per heavy atom. The number of fused-ring (bicyclic) bond motifs is 1. The summed E-state index contributed by atoms with van der Waals surface area (Å²) in [6.45, 7) is 6.10. The van der Waals surface area contributed by atoms with Gasteiger partial charge in [0.25, 0.3) is 0 Å². The molecule has 1 aliphatic heterocycles. The summed E-state index contributed by atoms with van der Waals surface area (Å²) < 4.78 is 47.6. The second kappa shape index (κ2) is 11.4. The lowest BCUT2D eigenvalue weighted by Gasteiger charge is -2.27. The van der Waals surface area contributed by atoms with E-state index in [-0.39, 0.29) is 40.7 Å². The third-order valence-corrected chi connectivity index (χ3v) is 7.60. The number of carbonyl (C=O) groups is 2. The van der Waals surface area contributed by atoms with E-state index in [0.717, 1.165) is 29.8 Å². The van der Waals surface area contributed by atoms with Gasteiger partial charge in [-0.15, -0.1) is 0 Å². The summed E-state index contributed by atoms with van der Waals surface area (Å²) in [6.07, 6.45) is -1.92.